The number of carbonyl (C=O) groups is 1. The van der Waals surface area contributed by atoms with Crippen molar-refractivity contribution in [2.45, 2.75) is 57.4 Å². The lowest BCUT2D eigenvalue weighted by Gasteiger charge is -2.36. The SMILES string of the molecule is CC1(C)C2=C(C(=O)c3cc(N4CCC[C@H]4CN4CCCC4)ccc31)c1ccc(C#N)cc1C2. The van der Waals surface area contributed by atoms with Gasteiger partial charge in [0.1, 0.15) is 0 Å². The van der Waals surface area contributed by atoms with Gasteiger partial charge in [0.2, 0.25) is 0 Å². The summed E-state index contributed by atoms with van der Waals surface area (Å²) in [5.74, 6) is 0.153. The normalized spacial score (nSPS) is 23.5. The van der Waals surface area contributed by atoms with Crippen molar-refractivity contribution in [3.05, 3.63) is 69.8 Å². The van der Waals surface area contributed by atoms with E-state index >= 15 is 0 Å². The van der Waals surface area contributed by atoms with Gasteiger partial charge in [0.25, 0.3) is 0 Å². The van der Waals surface area contributed by atoms with Gasteiger partial charge < -0.3 is 9.80 Å². The summed E-state index contributed by atoms with van der Waals surface area (Å²) in [7, 11) is 0. The Labute approximate surface area is 196 Å². The van der Waals surface area contributed by atoms with E-state index in [4.69, 9.17) is 0 Å². The Morgan fingerprint density at radius 3 is 2.64 bits per heavy atom. The van der Waals surface area contributed by atoms with E-state index in [0.717, 1.165) is 47.3 Å². The molecule has 2 fully saturated rings. The number of likely N-dealkylation sites (tertiary alicyclic amines) is 1. The van der Waals surface area contributed by atoms with Gasteiger partial charge in [-0.05, 0) is 91.7 Å². The molecule has 0 radical (unpaired) electrons. The second-order valence-electron chi connectivity index (χ2n) is 10.7. The van der Waals surface area contributed by atoms with Gasteiger partial charge in [-0.1, -0.05) is 26.0 Å². The van der Waals surface area contributed by atoms with Crippen LogP contribution in [0.1, 0.15) is 72.1 Å². The first kappa shape index (κ1) is 20.7. The number of allylic oxidation sites excluding steroid dienone is 2. The zero-order chi connectivity index (χ0) is 22.7. The molecule has 2 aromatic carbocycles. The first-order valence-electron chi connectivity index (χ1n) is 12.4. The highest BCUT2D eigenvalue weighted by molar-refractivity contribution is 6.33. The average Bonchev–Trinajstić information content (AvgIpc) is 3.57. The number of hydrogen-bond donors (Lipinski definition) is 0. The van der Waals surface area contributed by atoms with Gasteiger partial charge in [0, 0.05) is 41.4 Å². The standard InChI is InChI=1S/C29H31N3O/c1-29(2)25-10-8-21(32-13-5-6-22(32)18-31-11-3-4-12-31)16-24(25)28(33)27-23-9-7-19(17-30)14-20(23)15-26(27)29/h7-10,14,16,22H,3-6,11-13,15,18H2,1-2H3/t22-/m0/s1. The van der Waals surface area contributed by atoms with Crippen molar-refractivity contribution in [3.8, 4) is 6.07 Å². The van der Waals surface area contributed by atoms with E-state index in [-0.39, 0.29) is 11.2 Å². The fraction of sp³-hybridized carbons (Fsp3) is 0.448. The van der Waals surface area contributed by atoms with E-state index in [9.17, 15) is 10.1 Å². The molecule has 0 bridgehead atoms. The molecule has 2 aliphatic carbocycles. The highest BCUT2D eigenvalue weighted by atomic mass is 16.1. The van der Waals surface area contributed by atoms with Crippen LogP contribution in [0.5, 0.6) is 0 Å². The molecule has 33 heavy (non-hydrogen) atoms. The van der Waals surface area contributed by atoms with Crippen LogP contribution < -0.4 is 4.90 Å². The number of rotatable bonds is 3. The van der Waals surface area contributed by atoms with Gasteiger partial charge in [-0.25, -0.2) is 0 Å². The summed E-state index contributed by atoms with van der Waals surface area (Å²) < 4.78 is 0. The predicted molar refractivity (Wildman–Crippen MR) is 132 cm³/mol. The van der Waals surface area contributed by atoms with Crippen LogP contribution in [0.25, 0.3) is 5.57 Å². The molecule has 1 atom stereocenters. The Balaban J connectivity index is 1.37. The van der Waals surface area contributed by atoms with Gasteiger partial charge in [-0.2, -0.15) is 5.26 Å². The first-order chi connectivity index (χ1) is 16.0. The highest BCUT2D eigenvalue weighted by Gasteiger charge is 2.43. The van der Waals surface area contributed by atoms with Crippen LogP contribution in [0.2, 0.25) is 0 Å². The monoisotopic (exact) mass is 437 g/mol. The van der Waals surface area contributed by atoms with Crippen molar-refractivity contribution >= 4 is 17.0 Å². The molecule has 4 heteroatoms. The van der Waals surface area contributed by atoms with E-state index < -0.39 is 0 Å². The molecule has 4 nitrogen and oxygen atoms in total. The zero-order valence-corrected chi connectivity index (χ0v) is 19.7. The highest BCUT2D eigenvalue weighted by Crippen LogP contribution is 2.50. The van der Waals surface area contributed by atoms with Gasteiger partial charge in [0.05, 0.1) is 11.6 Å². The average molecular weight is 438 g/mol. The Hall–Kier alpha value is -2.90. The van der Waals surface area contributed by atoms with E-state index in [1.807, 2.05) is 18.2 Å². The van der Waals surface area contributed by atoms with Crippen LogP contribution in [0.4, 0.5) is 5.69 Å². The van der Waals surface area contributed by atoms with Crippen molar-refractivity contribution in [1.29, 1.82) is 5.26 Å². The molecule has 0 saturated carbocycles. The molecule has 6 rings (SSSR count). The van der Waals surface area contributed by atoms with Gasteiger partial charge in [0.15, 0.2) is 5.78 Å². The van der Waals surface area contributed by atoms with Gasteiger partial charge in [-0.3, -0.25) is 4.79 Å². The summed E-state index contributed by atoms with van der Waals surface area (Å²) in [6.07, 6.45) is 5.86. The Kier molecular flexibility index (Phi) is 4.74. The molecule has 2 heterocycles. The minimum absolute atomic E-state index is 0.153. The molecular formula is C29H31N3O. The number of nitrogens with zero attached hydrogens (tertiary/aromatic N) is 3. The van der Waals surface area contributed by atoms with Crippen LogP contribution in [0, 0.1) is 11.3 Å². The summed E-state index contributed by atoms with van der Waals surface area (Å²) in [6, 6.07) is 15.2. The summed E-state index contributed by atoms with van der Waals surface area (Å²) in [5, 5.41) is 9.33. The number of Topliss-reactive ketones (excluding diaryl/α,β-unsaturated/α-hetero) is 1. The Morgan fingerprint density at radius 1 is 1.03 bits per heavy atom. The predicted octanol–water partition coefficient (Wildman–Crippen LogP) is 5.11. The number of benzene rings is 2. The summed E-state index contributed by atoms with van der Waals surface area (Å²) in [4.78, 5) is 19.0. The fourth-order valence-corrected chi connectivity index (χ4v) is 6.66. The maximum absolute atomic E-state index is 13.9. The second-order valence-corrected chi connectivity index (χ2v) is 10.7. The third kappa shape index (κ3) is 3.17. The number of nitriles is 1. The quantitative estimate of drug-likeness (QED) is 0.670. The molecule has 0 aromatic heterocycles. The van der Waals surface area contributed by atoms with E-state index in [1.54, 1.807) is 0 Å². The number of anilines is 1. The maximum atomic E-state index is 13.9. The van der Waals surface area contributed by atoms with Gasteiger partial charge in [-0.15, -0.1) is 0 Å². The van der Waals surface area contributed by atoms with Crippen molar-refractivity contribution in [3.63, 3.8) is 0 Å². The van der Waals surface area contributed by atoms with Crippen LogP contribution in [-0.4, -0.2) is 42.9 Å². The largest absolute Gasteiger partial charge is 0.367 e. The molecule has 2 aromatic rings. The lowest BCUT2D eigenvalue weighted by atomic mass is 9.68. The molecule has 168 valence electrons. The minimum atomic E-state index is -0.205. The van der Waals surface area contributed by atoms with Crippen LogP contribution >= 0.6 is 0 Å². The van der Waals surface area contributed by atoms with Crippen molar-refractivity contribution < 1.29 is 4.79 Å². The van der Waals surface area contributed by atoms with E-state index in [1.165, 1.54) is 50.0 Å². The lowest BCUT2D eigenvalue weighted by Crippen LogP contribution is -2.39. The molecular weight excluding hydrogens is 406 g/mol. The van der Waals surface area contributed by atoms with Gasteiger partial charge >= 0.3 is 0 Å². The first-order valence-corrected chi connectivity index (χ1v) is 12.4. The molecule has 4 aliphatic rings. The van der Waals surface area contributed by atoms with E-state index in [2.05, 4.69) is 47.9 Å². The van der Waals surface area contributed by atoms with Crippen LogP contribution in [-0.2, 0) is 11.8 Å². The lowest BCUT2D eigenvalue weighted by molar-refractivity contribution is 0.105. The number of carbonyl (C=O) groups excluding carboxylic acids is 1. The summed E-state index contributed by atoms with van der Waals surface area (Å²) in [6.45, 7) is 9.16. The van der Waals surface area contributed by atoms with Crippen molar-refractivity contribution in [1.82, 2.24) is 4.90 Å². The Bertz CT molecular complexity index is 1230. The minimum Gasteiger partial charge on any atom is -0.367 e. The molecule has 0 N–H and O–H groups in total. The van der Waals surface area contributed by atoms with Crippen molar-refractivity contribution in [2.24, 2.45) is 0 Å². The third-order valence-electron chi connectivity index (χ3n) is 8.45. The Morgan fingerprint density at radius 2 is 1.85 bits per heavy atom. The van der Waals surface area contributed by atoms with Crippen molar-refractivity contribution in [2.75, 3.05) is 31.1 Å². The van der Waals surface area contributed by atoms with E-state index in [0.29, 0.717) is 11.6 Å². The topological polar surface area (TPSA) is 47.3 Å². The number of hydrogen-bond acceptors (Lipinski definition) is 4. The molecule has 0 unspecified atom stereocenters. The fourth-order valence-electron chi connectivity index (χ4n) is 6.66. The summed E-state index contributed by atoms with van der Waals surface area (Å²) >= 11 is 0. The van der Waals surface area contributed by atoms with Crippen LogP contribution in [0.3, 0.4) is 0 Å². The molecule has 0 spiro atoms. The maximum Gasteiger partial charge on any atom is 0.194 e. The molecule has 2 saturated heterocycles. The molecule has 0 amide bonds. The molecule has 2 aliphatic heterocycles. The second kappa shape index (κ2) is 7.57. The zero-order valence-electron chi connectivity index (χ0n) is 19.7. The van der Waals surface area contributed by atoms with Crippen LogP contribution in [0.15, 0.2) is 42.0 Å². The number of ketones is 1. The third-order valence-corrected chi connectivity index (χ3v) is 8.45. The smallest absolute Gasteiger partial charge is 0.194 e. The number of fused-ring (bicyclic) bond motifs is 3. The summed E-state index contributed by atoms with van der Waals surface area (Å²) in [5.41, 5.74) is 7.86.